The van der Waals surface area contributed by atoms with Gasteiger partial charge in [-0.1, -0.05) is 34.8 Å². The van der Waals surface area contributed by atoms with Crippen LogP contribution in [0.2, 0.25) is 0 Å². The van der Waals surface area contributed by atoms with Gasteiger partial charge in [-0.2, -0.15) is 0 Å². The topological polar surface area (TPSA) is 68.9 Å². The zero-order valence-corrected chi connectivity index (χ0v) is 12.7. The van der Waals surface area contributed by atoms with Crippen LogP contribution in [-0.2, 0) is 6.42 Å². The van der Waals surface area contributed by atoms with Crippen molar-refractivity contribution in [2.75, 3.05) is 0 Å². The van der Waals surface area contributed by atoms with E-state index < -0.39 is 0 Å². The minimum Gasteiger partial charge on any atom is -0.258 e. The van der Waals surface area contributed by atoms with Crippen molar-refractivity contribution in [3.05, 3.63) is 74.6 Å². The Labute approximate surface area is 131 Å². The van der Waals surface area contributed by atoms with Gasteiger partial charge in [0, 0.05) is 23.1 Å². The van der Waals surface area contributed by atoms with Crippen molar-refractivity contribution in [3.8, 4) is 11.3 Å². The zero-order valence-electron chi connectivity index (χ0n) is 11.9. The van der Waals surface area contributed by atoms with Gasteiger partial charge in [0.15, 0.2) is 0 Å². The van der Waals surface area contributed by atoms with Crippen LogP contribution in [0.3, 0.4) is 0 Å². The fraction of sp³-hybridized carbons (Fsp3) is 0.125. The number of hydrogen-bond acceptors (Lipinski definition) is 5. The molecule has 0 radical (unpaired) electrons. The number of nitro benzene ring substituents is 1. The number of nitrogens with zero attached hydrogens (tertiary/aromatic N) is 3. The second kappa shape index (κ2) is 6.03. The Bertz CT molecular complexity index is 799. The second-order valence-corrected chi connectivity index (χ2v) is 5.64. The van der Waals surface area contributed by atoms with E-state index >= 15 is 0 Å². The highest BCUT2D eigenvalue weighted by Gasteiger charge is 2.09. The normalized spacial score (nSPS) is 10.6. The maximum absolute atomic E-state index is 10.9. The summed E-state index contributed by atoms with van der Waals surface area (Å²) in [6.07, 6.45) is 0.670. The highest BCUT2D eigenvalue weighted by molar-refractivity contribution is 7.03. The van der Waals surface area contributed by atoms with Crippen LogP contribution in [0, 0.1) is 17.0 Å². The molecule has 0 atom stereocenters. The number of benzene rings is 2. The Morgan fingerprint density at radius 1 is 1.18 bits per heavy atom. The second-order valence-electron chi connectivity index (χ2n) is 5.03. The first-order valence-electron chi connectivity index (χ1n) is 6.74. The van der Waals surface area contributed by atoms with Crippen molar-refractivity contribution in [3.63, 3.8) is 0 Å². The molecule has 0 N–H and O–H groups in total. The molecule has 1 heterocycles. The third-order valence-corrected chi connectivity index (χ3v) is 4.05. The third kappa shape index (κ3) is 3.01. The molecule has 0 spiro atoms. The van der Waals surface area contributed by atoms with E-state index in [1.807, 2.05) is 36.6 Å². The lowest BCUT2D eigenvalue weighted by molar-refractivity contribution is -0.384. The first-order chi connectivity index (χ1) is 10.6. The summed E-state index contributed by atoms with van der Waals surface area (Å²) in [6, 6.07) is 13.0. The maximum atomic E-state index is 10.9. The number of nitro groups is 1. The molecule has 0 unspecified atom stereocenters. The quantitative estimate of drug-likeness (QED) is 0.539. The number of aromatic nitrogens is 2. The van der Waals surface area contributed by atoms with E-state index in [4.69, 9.17) is 0 Å². The monoisotopic (exact) mass is 311 g/mol. The van der Waals surface area contributed by atoms with Crippen LogP contribution >= 0.6 is 11.5 Å². The van der Waals surface area contributed by atoms with Gasteiger partial charge in [-0.25, -0.2) is 0 Å². The van der Waals surface area contributed by atoms with Crippen LogP contribution in [0.4, 0.5) is 5.69 Å². The molecule has 22 heavy (non-hydrogen) atoms. The van der Waals surface area contributed by atoms with Gasteiger partial charge in [0.05, 0.1) is 4.92 Å². The standard InChI is InChI=1S/C16H13N3O2S/c1-11-2-7-15(19(20)21)9-14(11)8-12-3-5-13(6-4-12)16-10-22-18-17-16/h2-7,9-10H,8H2,1H3. The molecule has 0 amide bonds. The maximum Gasteiger partial charge on any atom is 0.269 e. The fourth-order valence-electron chi connectivity index (χ4n) is 2.27. The van der Waals surface area contributed by atoms with E-state index in [0.717, 1.165) is 27.9 Å². The minimum atomic E-state index is -0.360. The van der Waals surface area contributed by atoms with Crippen molar-refractivity contribution >= 4 is 17.2 Å². The summed E-state index contributed by atoms with van der Waals surface area (Å²) in [7, 11) is 0. The van der Waals surface area contributed by atoms with Crippen molar-refractivity contribution in [2.24, 2.45) is 0 Å². The van der Waals surface area contributed by atoms with Gasteiger partial charge in [0.1, 0.15) is 5.69 Å². The predicted octanol–water partition coefficient (Wildman–Crippen LogP) is 4.01. The number of aryl methyl sites for hydroxylation is 1. The van der Waals surface area contributed by atoms with Crippen molar-refractivity contribution in [1.82, 2.24) is 9.59 Å². The van der Waals surface area contributed by atoms with E-state index in [1.165, 1.54) is 17.6 Å². The molecule has 110 valence electrons. The summed E-state index contributed by atoms with van der Waals surface area (Å²) in [5.74, 6) is 0. The molecule has 0 fully saturated rings. The van der Waals surface area contributed by atoms with E-state index in [0.29, 0.717) is 6.42 Å². The van der Waals surface area contributed by atoms with E-state index in [1.54, 1.807) is 12.1 Å². The molecule has 0 aliphatic carbocycles. The Balaban J connectivity index is 1.84. The van der Waals surface area contributed by atoms with Gasteiger partial charge < -0.3 is 0 Å². The summed E-state index contributed by atoms with van der Waals surface area (Å²) in [6.45, 7) is 1.97. The van der Waals surface area contributed by atoms with Crippen LogP contribution in [0.25, 0.3) is 11.3 Å². The lowest BCUT2D eigenvalue weighted by Crippen LogP contribution is -1.95. The average Bonchev–Trinajstić information content (AvgIpc) is 3.04. The van der Waals surface area contributed by atoms with E-state index in [9.17, 15) is 10.1 Å². The first-order valence-corrected chi connectivity index (χ1v) is 7.57. The SMILES string of the molecule is Cc1ccc([N+](=O)[O-])cc1Cc1ccc(-c2csnn2)cc1. The first kappa shape index (κ1) is 14.3. The van der Waals surface area contributed by atoms with Gasteiger partial charge in [-0.3, -0.25) is 10.1 Å². The summed E-state index contributed by atoms with van der Waals surface area (Å²) in [5.41, 5.74) is 5.15. The number of hydrogen-bond donors (Lipinski definition) is 0. The zero-order chi connectivity index (χ0) is 15.5. The molecule has 3 rings (SSSR count). The molecule has 0 aliphatic heterocycles. The van der Waals surface area contributed by atoms with Crippen LogP contribution in [0.5, 0.6) is 0 Å². The molecule has 1 aromatic heterocycles. The van der Waals surface area contributed by atoms with Gasteiger partial charge >= 0.3 is 0 Å². The molecular weight excluding hydrogens is 298 g/mol. The Morgan fingerprint density at radius 2 is 1.95 bits per heavy atom. The molecule has 2 aromatic carbocycles. The largest absolute Gasteiger partial charge is 0.269 e. The average molecular weight is 311 g/mol. The minimum absolute atomic E-state index is 0.130. The van der Waals surface area contributed by atoms with Crippen LogP contribution in [-0.4, -0.2) is 14.5 Å². The molecule has 0 bridgehead atoms. The Morgan fingerprint density at radius 3 is 2.59 bits per heavy atom. The van der Waals surface area contributed by atoms with Gasteiger partial charge in [-0.05, 0) is 41.6 Å². The van der Waals surface area contributed by atoms with Crippen LogP contribution in [0.1, 0.15) is 16.7 Å². The van der Waals surface area contributed by atoms with Crippen molar-refractivity contribution < 1.29 is 4.92 Å². The number of non-ortho nitro benzene ring substituents is 1. The Kier molecular flexibility index (Phi) is 3.93. The fourth-order valence-corrected chi connectivity index (χ4v) is 2.73. The highest BCUT2D eigenvalue weighted by atomic mass is 32.1. The smallest absolute Gasteiger partial charge is 0.258 e. The van der Waals surface area contributed by atoms with Gasteiger partial charge in [-0.15, -0.1) is 5.10 Å². The van der Waals surface area contributed by atoms with Crippen molar-refractivity contribution in [2.45, 2.75) is 13.3 Å². The highest BCUT2D eigenvalue weighted by Crippen LogP contribution is 2.22. The van der Waals surface area contributed by atoms with Crippen molar-refractivity contribution in [1.29, 1.82) is 0 Å². The Hall–Kier alpha value is -2.60. The molecule has 0 saturated carbocycles. The summed E-state index contributed by atoms with van der Waals surface area (Å²) in [5, 5.41) is 16.8. The summed E-state index contributed by atoms with van der Waals surface area (Å²) < 4.78 is 3.85. The molecule has 0 aliphatic rings. The van der Waals surface area contributed by atoms with Crippen LogP contribution < -0.4 is 0 Å². The van der Waals surface area contributed by atoms with E-state index in [-0.39, 0.29) is 10.6 Å². The van der Waals surface area contributed by atoms with Gasteiger partial charge in [0.2, 0.25) is 0 Å². The predicted molar refractivity (Wildman–Crippen MR) is 86.0 cm³/mol. The van der Waals surface area contributed by atoms with Gasteiger partial charge in [0.25, 0.3) is 5.69 Å². The van der Waals surface area contributed by atoms with Crippen LogP contribution in [0.15, 0.2) is 47.8 Å². The molecular formula is C16H13N3O2S. The molecule has 3 aromatic rings. The summed E-state index contributed by atoms with van der Waals surface area (Å²) >= 11 is 1.32. The lowest BCUT2D eigenvalue weighted by Gasteiger charge is -2.06. The molecule has 6 heteroatoms. The molecule has 5 nitrogen and oxygen atoms in total. The summed E-state index contributed by atoms with van der Waals surface area (Å²) in [4.78, 5) is 10.5. The van der Waals surface area contributed by atoms with E-state index in [2.05, 4.69) is 9.59 Å². The number of rotatable bonds is 4. The molecule has 0 saturated heterocycles. The lowest BCUT2D eigenvalue weighted by atomic mass is 9.99. The third-order valence-electron chi connectivity index (χ3n) is 3.55.